The van der Waals surface area contributed by atoms with Gasteiger partial charge in [0.1, 0.15) is 5.75 Å². The normalized spacial score (nSPS) is 9.93. The van der Waals surface area contributed by atoms with Crippen molar-refractivity contribution < 1.29 is 4.74 Å². The summed E-state index contributed by atoms with van der Waals surface area (Å²) in [7, 11) is 0. The van der Waals surface area contributed by atoms with Crippen LogP contribution in [0.25, 0.3) is 0 Å². The third-order valence-electron chi connectivity index (χ3n) is 1.68. The van der Waals surface area contributed by atoms with E-state index in [1.807, 2.05) is 0 Å². The fraction of sp³-hybridized carbons (Fsp3) is 0. The van der Waals surface area contributed by atoms with Crippen molar-refractivity contribution in [3.8, 4) is 11.6 Å². The third-order valence-corrected chi connectivity index (χ3v) is 1.94. The van der Waals surface area contributed by atoms with Crippen molar-refractivity contribution in [3.05, 3.63) is 41.6 Å². The lowest BCUT2D eigenvalue weighted by atomic mass is 10.3. The van der Waals surface area contributed by atoms with Crippen molar-refractivity contribution in [1.82, 2.24) is 9.97 Å². The Hall–Kier alpha value is -1.81. The monoisotopic (exact) mass is 221 g/mol. The predicted molar refractivity (Wildman–Crippen MR) is 58.0 cm³/mol. The molecule has 2 aromatic rings. The van der Waals surface area contributed by atoms with Crippen molar-refractivity contribution in [2.45, 2.75) is 0 Å². The Kier molecular flexibility index (Phi) is 2.69. The molecule has 0 radical (unpaired) electrons. The van der Waals surface area contributed by atoms with E-state index >= 15 is 0 Å². The summed E-state index contributed by atoms with van der Waals surface area (Å²) in [5, 5.41) is 0.657. The molecule has 0 aliphatic rings. The van der Waals surface area contributed by atoms with Crippen LogP contribution in [0.3, 0.4) is 0 Å². The zero-order valence-corrected chi connectivity index (χ0v) is 8.48. The topological polar surface area (TPSA) is 61.0 Å². The Bertz CT molecular complexity index is 458. The Morgan fingerprint density at radius 1 is 1.13 bits per heavy atom. The molecule has 0 saturated carbocycles. The molecule has 0 atom stereocenters. The molecular formula is C10H8ClN3O. The van der Waals surface area contributed by atoms with Crippen molar-refractivity contribution in [1.29, 1.82) is 0 Å². The molecule has 2 rings (SSSR count). The molecule has 5 heteroatoms. The molecule has 0 aliphatic carbocycles. The van der Waals surface area contributed by atoms with Crippen molar-refractivity contribution >= 4 is 17.5 Å². The van der Waals surface area contributed by atoms with Gasteiger partial charge in [0.05, 0.1) is 0 Å². The largest absolute Gasteiger partial charge is 0.439 e. The number of aromatic nitrogens is 2. The number of benzene rings is 1. The predicted octanol–water partition coefficient (Wildman–Crippen LogP) is 2.50. The van der Waals surface area contributed by atoms with Gasteiger partial charge in [-0.25, -0.2) is 4.98 Å². The molecule has 0 saturated heterocycles. The van der Waals surface area contributed by atoms with E-state index < -0.39 is 0 Å². The van der Waals surface area contributed by atoms with Gasteiger partial charge < -0.3 is 10.5 Å². The third kappa shape index (κ3) is 2.57. The van der Waals surface area contributed by atoms with E-state index in [4.69, 9.17) is 22.1 Å². The first-order chi connectivity index (χ1) is 7.24. The molecule has 1 aromatic heterocycles. The summed E-state index contributed by atoms with van der Waals surface area (Å²) >= 11 is 5.74. The highest BCUT2D eigenvalue weighted by Crippen LogP contribution is 2.21. The average molecular weight is 222 g/mol. The number of hydrogen-bond donors (Lipinski definition) is 1. The van der Waals surface area contributed by atoms with Crippen molar-refractivity contribution in [2.24, 2.45) is 0 Å². The molecule has 2 N–H and O–H groups in total. The fourth-order valence-corrected chi connectivity index (χ4v) is 1.16. The molecule has 0 amide bonds. The fourth-order valence-electron chi connectivity index (χ4n) is 1.04. The van der Waals surface area contributed by atoms with Crippen LogP contribution in [0, 0.1) is 0 Å². The number of nitrogens with two attached hydrogens (primary N) is 1. The molecule has 76 valence electrons. The highest BCUT2D eigenvalue weighted by atomic mass is 35.5. The minimum Gasteiger partial charge on any atom is -0.439 e. The van der Waals surface area contributed by atoms with E-state index in [1.165, 1.54) is 6.20 Å². The summed E-state index contributed by atoms with van der Waals surface area (Å²) in [5.41, 5.74) is 5.41. The molecule has 0 bridgehead atoms. The second kappa shape index (κ2) is 4.14. The van der Waals surface area contributed by atoms with Crippen LogP contribution >= 0.6 is 11.6 Å². The second-order valence-electron chi connectivity index (χ2n) is 2.81. The van der Waals surface area contributed by atoms with Gasteiger partial charge >= 0.3 is 0 Å². The number of anilines is 1. The van der Waals surface area contributed by atoms with Gasteiger partial charge in [-0.3, -0.25) is 0 Å². The summed E-state index contributed by atoms with van der Waals surface area (Å²) in [5.74, 6) is 1.24. The summed E-state index contributed by atoms with van der Waals surface area (Å²) in [6, 6.07) is 8.61. The Labute approximate surface area is 91.7 Å². The zero-order valence-electron chi connectivity index (χ0n) is 7.72. The van der Waals surface area contributed by atoms with Gasteiger partial charge in [0.15, 0.2) is 0 Å². The number of rotatable bonds is 2. The van der Waals surface area contributed by atoms with E-state index in [0.717, 1.165) is 0 Å². The van der Waals surface area contributed by atoms with Crippen LogP contribution in [-0.2, 0) is 0 Å². The molecule has 0 aliphatic heterocycles. The van der Waals surface area contributed by atoms with Gasteiger partial charge in [-0.15, -0.1) is 0 Å². The van der Waals surface area contributed by atoms with Gasteiger partial charge in [-0.2, -0.15) is 4.98 Å². The molecule has 4 nitrogen and oxygen atoms in total. The lowest BCUT2D eigenvalue weighted by Crippen LogP contribution is -1.95. The summed E-state index contributed by atoms with van der Waals surface area (Å²) in [4.78, 5) is 7.66. The maximum Gasteiger partial charge on any atom is 0.224 e. The minimum absolute atomic E-state index is 0.182. The maximum absolute atomic E-state index is 5.74. The van der Waals surface area contributed by atoms with E-state index in [0.29, 0.717) is 16.7 Å². The Morgan fingerprint density at radius 2 is 1.87 bits per heavy atom. The summed E-state index contributed by atoms with van der Waals surface area (Å²) in [6.45, 7) is 0. The molecule has 15 heavy (non-hydrogen) atoms. The molecule has 0 spiro atoms. The van der Waals surface area contributed by atoms with E-state index in [-0.39, 0.29) is 5.95 Å². The standard InChI is InChI=1S/C10H8ClN3O/c11-7-1-3-8(4-2-7)15-9-5-6-13-10(12)14-9/h1-6H,(H2,12,13,14). The van der Waals surface area contributed by atoms with Crippen LogP contribution in [0.5, 0.6) is 11.6 Å². The number of nitrogen functional groups attached to an aromatic ring is 1. The summed E-state index contributed by atoms with van der Waals surface area (Å²) < 4.78 is 5.42. The van der Waals surface area contributed by atoms with E-state index in [9.17, 15) is 0 Å². The molecule has 1 heterocycles. The van der Waals surface area contributed by atoms with Crippen LogP contribution in [0.4, 0.5) is 5.95 Å². The summed E-state index contributed by atoms with van der Waals surface area (Å²) in [6.07, 6.45) is 1.54. The molecular weight excluding hydrogens is 214 g/mol. The zero-order chi connectivity index (χ0) is 10.7. The Morgan fingerprint density at radius 3 is 2.53 bits per heavy atom. The molecule has 0 fully saturated rings. The number of ether oxygens (including phenoxy) is 1. The van der Waals surface area contributed by atoms with Gasteiger partial charge in [-0.05, 0) is 24.3 Å². The van der Waals surface area contributed by atoms with E-state index in [2.05, 4.69) is 9.97 Å². The second-order valence-corrected chi connectivity index (χ2v) is 3.25. The first-order valence-electron chi connectivity index (χ1n) is 4.26. The first-order valence-corrected chi connectivity index (χ1v) is 4.64. The van der Waals surface area contributed by atoms with Gasteiger partial charge in [0.25, 0.3) is 0 Å². The van der Waals surface area contributed by atoms with Crippen LogP contribution in [-0.4, -0.2) is 9.97 Å². The van der Waals surface area contributed by atoms with Gasteiger partial charge in [-0.1, -0.05) is 11.6 Å². The maximum atomic E-state index is 5.74. The van der Waals surface area contributed by atoms with Crippen molar-refractivity contribution in [2.75, 3.05) is 5.73 Å². The van der Waals surface area contributed by atoms with Gasteiger partial charge in [0.2, 0.25) is 11.8 Å². The Balaban J connectivity index is 2.18. The highest BCUT2D eigenvalue weighted by Gasteiger charge is 1.99. The minimum atomic E-state index is 0.182. The lowest BCUT2D eigenvalue weighted by molar-refractivity contribution is 0.462. The van der Waals surface area contributed by atoms with Crippen LogP contribution in [0.15, 0.2) is 36.5 Å². The molecule has 0 unspecified atom stereocenters. The van der Waals surface area contributed by atoms with Crippen molar-refractivity contribution in [3.63, 3.8) is 0 Å². The van der Waals surface area contributed by atoms with Crippen LogP contribution < -0.4 is 10.5 Å². The van der Waals surface area contributed by atoms with Crippen LogP contribution in [0.2, 0.25) is 5.02 Å². The van der Waals surface area contributed by atoms with Gasteiger partial charge in [0, 0.05) is 17.3 Å². The molecule has 1 aromatic carbocycles. The van der Waals surface area contributed by atoms with E-state index in [1.54, 1.807) is 30.3 Å². The first kappa shape index (κ1) is 9.73. The number of hydrogen-bond acceptors (Lipinski definition) is 4. The lowest BCUT2D eigenvalue weighted by Gasteiger charge is -2.04. The average Bonchev–Trinajstić information content (AvgIpc) is 2.22. The highest BCUT2D eigenvalue weighted by molar-refractivity contribution is 6.30. The number of nitrogens with zero attached hydrogens (tertiary/aromatic N) is 2. The smallest absolute Gasteiger partial charge is 0.224 e. The number of halogens is 1. The van der Waals surface area contributed by atoms with Crippen LogP contribution in [0.1, 0.15) is 0 Å². The SMILES string of the molecule is Nc1nccc(Oc2ccc(Cl)cc2)n1. The quantitative estimate of drug-likeness (QED) is 0.847.